The summed E-state index contributed by atoms with van der Waals surface area (Å²) in [5.74, 6) is 2.61. The Morgan fingerprint density at radius 2 is 1.57 bits per heavy atom. The van der Waals surface area contributed by atoms with Crippen LogP contribution in [-0.2, 0) is 0 Å². The predicted octanol–water partition coefficient (Wildman–Crippen LogP) is 2.08. The fraction of sp³-hybridized carbons (Fsp3) is 0.900. The van der Waals surface area contributed by atoms with E-state index in [1.165, 1.54) is 32.1 Å². The Balaban J connectivity index is 1.91. The van der Waals surface area contributed by atoms with E-state index >= 15 is 0 Å². The zero-order chi connectivity index (χ0) is 9.71. The quantitative estimate of drug-likeness (QED) is 0.474. The number of nitrogens with zero attached hydrogens (tertiary/aromatic N) is 2. The van der Waals surface area contributed by atoms with Gasteiger partial charge in [0.05, 0.1) is 10.8 Å². The summed E-state index contributed by atoms with van der Waals surface area (Å²) in [6.07, 6.45) is 6.04. The maximum Gasteiger partial charge on any atom is 0.190 e. The standard InChI is InChI=1S/C10H14N2O2/c13-12(14)11-10-8-2-6-1-7(4-8)5-9(10)3-6/h6-9H,1-5H2. The van der Waals surface area contributed by atoms with Gasteiger partial charge in [0.1, 0.15) is 0 Å². The molecule has 0 aromatic rings. The summed E-state index contributed by atoms with van der Waals surface area (Å²) < 4.78 is 0. The normalized spacial score (nSPS) is 44.1. The fourth-order valence-electron chi connectivity index (χ4n) is 3.92. The zero-order valence-corrected chi connectivity index (χ0v) is 8.06. The SMILES string of the molecule is O=[N+]([O-])N=C1C2CC3CC(C2)CC1C3. The van der Waals surface area contributed by atoms with Crippen molar-refractivity contribution in [1.29, 1.82) is 0 Å². The Kier molecular flexibility index (Phi) is 1.66. The lowest BCUT2D eigenvalue weighted by atomic mass is 9.55. The van der Waals surface area contributed by atoms with Crippen LogP contribution in [0.5, 0.6) is 0 Å². The van der Waals surface area contributed by atoms with E-state index in [0.717, 1.165) is 17.5 Å². The average molecular weight is 194 g/mol. The number of hydrogen-bond acceptors (Lipinski definition) is 2. The second kappa shape index (κ2) is 2.78. The molecule has 4 aliphatic carbocycles. The van der Waals surface area contributed by atoms with Gasteiger partial charge >= 0.3 is 0 Å². The number of nitro groups is 1. The third-order valence-corrected chi connectivity index (χ3v) is 4.17. The molecule has 14 heavy (non-hydrogen) atoms. The smallest absolute Gasteiger partial charge is 0.190 e. The third-order valence-electron chi connectivity index (χ3n) is 4.17. The lowest BCUT2D eigenvalue weighted by Gasteiger charge is -2.49. The molecule has 4 aliphatic rings. The van der Waals surface area contributed by atoms with Gasteiger partial charge in [-0.1, -0.05) is 0 Å². The van der Waals surface area contributed by atoms with Crippen molar-refractivity contribution in [3.05, 3.63) is 10.1 Å². The molecular formula is C10H14N2O2. The van der Waals surface area contributed by atoms with Gasteiger partial charge in [-0.25, -0.2) is 10.1 Å². The maximum atomic E-state index is 10.4. The van der Waals surface area contributed by atoms with Crippen molar-refractivity contribution in [2.75, 3.05) is 0 Å². The number of hydrazone groups is 1. The maximum absolute atomic E-state index is 10.4. The Morgan fingerprint density at radius 3 is 2.00 bits per heavy atom. The highest BCUT2D eigenvalue weighted by molar-refractivity contribution is 5.90. The largest absolute Gasteiger partial charge is 0.233 e. The van der Waals surface area contributed by atoms with Gasteiger partial charge in [0.15, 0.2) is 5.03 Å². The highest BCUT2D eigenvalue weighted by Crippen LogP contribution is 2.52. The van der Waals surface area contributed by atoms with Crippen molar-refractivity contribution in [2.45, 2.75) is 32.1 Å². The summed E-state index contributed by atoms with van der Waals surface area (Å²) in [6, 6.07) is 0. The molecular weight excluding hydrogens is 180 g/mol. The van der Waals surface area contributed by atoms with Gasteiger partial charge in [-0.05, 0) is 43.9 Å². The van der Waals surface area contributed by atoms with Crippen molar-refractivity contribution in [2.24, 2.45) is 28.8 Å². The van der Waals surface area contributed by atoms with Crippen molar-refractivity contribution in [3.8, 4) is 0 Å². The summed E-state index contributed by atoms with van der Waals surface area (Å²) in [7, 11) is 0. The van der Waals surface area contributed by atoms with Gasteiger partial charge in [-0.15, -0.1) is 0 Å². The molecule has 4 fully saturated rings. The molecule has 0 aromatic heterocycles. The molecule has 0 aliphatic heterocycles. The molecule has 0 aromatic carbocycles. The molecule has 4 heteroatoms. The molecule has 0 N–H and O–H groups in total. The van der Waals surface area contributed by atoms with Gasteiger partial charge in [0.25, 0.3) is 0 Å². The molecule has 0 atom stereocenters. The first-order valence-corrected chi connectivity index (χ1v) is 5.45. The van der Waals surface area contributed by atoms with Crippen molar-refractivity contribution >= 4 is 5.71 Å². The predicted molar refractivity (Wildman–Crippen MR) is 51.5 cm³/mol. The molecule has 4 rings (SSSR count). The highest BCUT2D eigenvalue weighted by Gasteiger charge is 2.47. The van der Waals surface area contributed by atoms with Crippen molar-refractivity contribution in [1.82, 2.24) is 0 Å². The van der Waals surface area contributed by atoms with Gasteiger partial charge in [0, 0.05) is 11.8 Å². The minimum absolute atomic E-state index is 0.455. The van der Waals surface area contributed by atoms with E-state index in [4.69, 9.17) is 0 Å². The fourth-order valence-corrected chi connectivity index (χ4v) is 3.92. The summed E-state index contributed by atoms with van der Waals surface area (Å²) in [5.41, 5.74) is 0.919. The lowest BCUT2D eigenvalue weighted by molar-refractivity contribution is -0.485. The van der Waals surface area contributed by atoms with Crippen LogP contribution in [0.4, 0.5) is 0 Å². The summed E-state index contributed by atoms with van der Waals surface area (Å²) >= 11 is 0. The highest BCUT2D eigenvalue weighted by atomic mass is 16.7. The van der Waals surface area contributed by atoms with Crippen LogP contribution in [0.25, 0.3) is 0 Å². The summed E-state index contributed by atoms with van der Waals surface area (Å²) in [4.78, 5) is 10.4. The van der Waals surface area contributed by atoms with Crippen LogP contribution in [0.1, 0.15) is 32.1 Å². The molecule has 76 valence electrons. The first-order valence-electron chi connectivity index (χ1n) is 5.45. The van der Waals surface area contributed by atoms with Gasteiger partial charge in [0.2, 0.25) is 0 Å². The van der Waals surface area contributed by atoms with Crippen LogP contribution in [0.15, 0.2) is 5.10 Å². The van der Waals surface area contributed by atoms with E-state index in [1.807, 2.05) is 0 Å². The van der Waals surface area contributed by atoms with Crippen LogP contribution < -0.4 is 0 Å². The first kappa shape index (κ1) is 8.38. The molecule has 4 bridgehead atoms. The molecule has 0 amide bonds. The molecule has 0 heterocycles. The Morgan fingerprint density at radius 1 is 1.07 bits per heavy atom. The zero-order valence-electron chi connectivity index (χ0n) is 8.06. The second-order valence-corrected chi connectivity index (χ2v) is 5.07. The van der Waals surface area contributed by atoms with Gasteiger partial charge in [-0.2, -0.15) is 0 Å². The monoisotopic (exact) mass is 194 g/mol. The van der Waals surface area contributed by atoms with Gasteiger partial charge < -0.3 is 0 Å². The van der Waals surface area contributed by atoms with E-state index in [0.29, 0.717) is 11.8 Å². The van der Waals surface area contributed by atoms with E-state index in [1.54, 1.807) is 0 Å². The Labute approximate surface area is 82.5 Å². The molecule has 4 saturated carbocycles. The lowest BCUT2D eigenvalue weighted by Crippen LogP contribution is -2.45. The van der Waals surface area contributed by atoms with E-state index in [2.05, 4.69) is 5.10 Å². The van der Waals surface area contributed by atoms with E-state index < -0.39 is 5.03 Å². The van der Waals surface area contributed by atoms with Crippen LogP contribution in [0.2, 0.25) is 0 Å². The van der Waals surface area contributed by atoms with Crippen LogP contribution >= 0.6 is 0 Å². The Bertz CT molecular complexity index is 281. The molecule has 0 spiro atoms. The summed E-state index contributed by atoms with van der Waals surface area (Å²) in [6.45, 7) is 0. The topological polar surface area (TPSA) is 55.5 Å². The van der Waals surface area contributed by atoms with Gasteiger partial charge in [-0.3, -0.25) is 0 Å². The van der Waals surface area contributed by atoms with Crippen LogP contribution in [0, 0.1) is 33.8 Å². The molecule has 0 saturated heterocycles. The average Bonchev–Trinajstić information content (AvgIpc) is 2.09. The van der Waals surface area contributed by atoms with Crippen LogP contribution in [-0.4, -0.2) is 10.7 Å². The molecule has 0 radical (unpaired) electrons. The Hall–Kier alpha value is -0.930. The minimum Gasteiger partial charge on any atom is -0.233 e. The minimum atomic E-state index is -0.502. The van der Waals surface area contributed by atoms with E-state index in [-0.39, 0.29) is 0 Å². The second-order valence-electron chi connectivity index (χ2n) is 5.07. The summed E-state index contributed by atoms with van der Waals surface area (Å²) in [5, 5.41) is 13.5. The van der Waals surface area contributed by atoms with Crippen molar-refractivity contribution in [3.63, 3.8) is 0 Å². The third kappa shape index (κ3) is 1.16. The molecule has 4 nitrogen and oxygen atoms in total. The molecule has 0 unspecified atom stereocenters. The number of rotatable bonds is 1. The van der Waals surface area contributed by atoms with E-state index in [9.17, 15) is 10.1 Å². The number of hydrogen-bond donors (Lipinski definition) is 0. The first-order chi connectivity index (χ1) is 6.72. The van der Waals surface area contributed by atoms with Crippen LogP contribution in [0.3, 0.4) is 0 Å². The van der Waals surface area contributed by atoms with Crippen molar-refractivity contribution < 1.29 is 5.03 Å².